The largest absolute Gasteiger partial charge is 0.346 e. The summed E-state index contributed by atoms with van der Waals surface area (Å²) in [5.74, 6) is 0. The molecule has 0 unspecified atom stereocenters. The second-order valence-electron chi connectivity index (χ2n) is 4.36. The van der Waals surface area contributed by atoms with Crippen molar-refractivity contribution in [3.05, 3.63) is 53.6 Å². The number of thiol groups is 1. The Morgan fingerprint density at radius 3 is 2.88 bits per heavy atom. The Bertz CT molecular complexity index is 604. The number of aromatic nitrogens is 1. The van der Waals surface area contributed by atoms with Crippen LogP contribution in [-0.2, 0) is 18.8 Å². The molecule has 1 aromatic heterocycles. The van der Waals surface area contributed by atoms with Crippen LogP contribution < -0.4 is 0 Å². The van der Waals surface area contributed by atoms with Crippen LogP contribution in [0.1, 0.15) is 12.8 Å². The lowest BCUT2D eigenvalue weighted by atomic mass is 10.2. The van der Waals surface area contributed by atoms with Crippen molar-refractivity contribution in [1.29, 1.82) is 0 Å². The summed E-state index contributed by atoms with van der Waals surface area (Å²) >= 11 is 1.33. The van der Waals surface area contributed by atoms with Gasteiger partial charge in [-0.1, -0.05) is 18.2 Å². The number of para-hydroxylation sites is 1. The van der Waals surface area contributed by atoms with Crippen molar-refractivity contribution < 1.29 is 0 Å². The smallest absolute Gasteiger partial charge is 0.183 e. The Hall–Kier alpha value is -1.41. The highest BCUT2D eigenvalue weighted by atomic mass is 32.2. The summed E-state index contributed by atoms with van der Waals surface area (Å²) in [7, 11) is 2.12. The molecular weight excluding hydrogens is 226 g/mol. The van der Waals surface area contributed by atoms with Crippen LogP contribution in [0, 0.1) is 0 Å². The van der Waals surface area contributed by atoms with Crippen LogP contribution in [0.2, 0.25) is 0 Å². The SMILES string of the molecule is Cn1cc([SH+]C2=CCCC=C2)c2ccccc21. The van der Waals surface area contributed by atoms with E-state index < -0.39 is 0 Å². The van der Waals surface area contributed by atoms with Crippen LogP contribution in [0.4, 0.5) is 0 Å². The molecule has 3 rings (SSSR count). The van der Waals surface area contributed by atoms with Crippen LogP contribution in [0.15, 0.2) is 58.5 Å². The molecular formula is C15H16NS+. The minimum atomic E-state index is 1.18. The fourth-order valence-corrected chi connectivity index (χ4v) is 3.45. The van der Waals surface area contributed by atoms with E-state index in [1.807, 2.05) is 0 Å². The van der Waals surface area contributed by atoms with E-state index in [4.69, 9.17) is 0 Å². The number of nitrogens with zero attached hydrogens (tertiary/aromatic N) is 1. The maximum atomic E-state index is 2.35. The molecule has 0 atom stereocenters. The zero-order valence-electron chi connectivity index (χ0n) is 9.93. The van der Waals surface area contributed by atoms with E-state index in [2.05, 4.69) is 60.3 Å². The first kappa shape index (κ1) is 10.7. The molecule has 0 saturated carbocycles. The number of aryl methyl sites for hydroxylation is 1. The average molecular weight is 242 g/mol. The number of fused-ring (bicyclic) bond motifs is 1. The lowest BCUT2D eigenvalue weighted by molar-refractivity contribution is 0.957. The standard InChI is InChI=1S/C15H15NS/c1-16-11-15(13-9-5-6-10-14(13)16)17-12-7-3-2-4-8-12/h3,5-11H,2,4H2,1H3/p+1. The minimum Gasteiger partial charge on any atom is -0.346 e. The minimum absolute atomic E-state index is 1.18. The summed E-state index contributed by atoms with van der Waals surface area (Å²) in [6, 6.07) is 8.61. The van der Waals surface area contributed by atoms with E-state index in [0.29, 0.717) is 0 Å². The maximum absolute atomic E-state index is 2.35. The van der Waals surface area contributed by atoms with Crippen molar-refractivity contribution in [3.63, 3.8) is 0 Å². The monoisotopic (exact) mass is 242 g/mol. The van der Waals surface area contributed by atoms with Crippen molar-refractivity contribution in [2.24, 2.45) is 7.05 Å². The maximum Gasteiger partial charge on any atom is 0.183 e. The molecule has 0 saturated heterocycles. The molecule has 1 aromatic carbocycles. The van der Waals surface area contributed by atoms with E-state index in [1.165, 1.54) is 45.3 Å². The highest BCUT2D eigenvalue weighted by Gasteiger charge is 2.15. The number of hydrogen-bond acceptors (Lipinski definition) is 0. The number of rotatable bonds is 2. The van der Waals surface area contributed by atoms with Crippen molar-refractivity contribution in [2.45, 2.75) is 17.7 Å². The van der Waals surface area contributed by atoms with E-state index >= 15 is 0 Å². The fourth-order valence-electron chi connectivity index (χ4n) is 2.23. The third-order valence-electron chi connectivity index (χ3n) is 3.10. The Labute approximate surface area is 106 Å². The van der Waals surface area contributed by atoms with Gasteiger partial charge in [0.25, 0.3) is 0 Å². The number of hydrogen-bond donors (Lipinski definition) is 0. The normalized spacial score (nSPS) is 15.2. The first-order valence-corrected chi connectivity index (χ1v) is 6.86. The van der Waals surface area contributed by atoms with E-state index in [-0.39, 0.29) is 0 Å². The molecule has 86 valence electrons. The van der Waals surface area contributed by atoms with Gasteiger partial charge in [0.2, 0.25) is 0 Å². The molecule has 0 radical (unpaired) electrons. The molecule has 2 aromatic rings. The van der Waals surface area contributed by atoms with Crippen LogP contribution in [0.5, 0.6) is 0 Å². The van der Waals surface area contributed by atoms with Crippen LogP contribution in [0.3, 0.4) is 0 Å². The van der Waals surface area contributed by atoms with Crippen molar-refractivity contribution in [1.82, 2.24) is 4.57 Å². The molecule has 0 aliphatic heterocycles. The Kier molecular flexibility index (Phi) is 2.81. The zero-order valence-corrected chi connectivity index (χ0v) is 10.8. The van der Waals surface area contributed by atoms with Gasteiger partial charge in [0.1, 0.15) is 0 Å². The molecule has 1 heterocycles. The van der Waals surface area contributed by atoms with Gasteiger partial charge in [0.05, 0.1) is 17.1 Å². The molecule has 0 fully saturated rings. The van der Waals surface area contributed by atoms with Crippen LogP contribution >= 0.6 is 0 Å². The third-order valence-corrected chi connectivity index (χ3v) is 4.29. The number of allylic oxidation sites excluding steroid dienone is 3. The van der Waals surface area contributed by atoms with Gasteiger partial charge in [0, 0.05) is 18.8 Å². The molecule has 1 nitrogen and oxygen atoms in total. The first-order chi connectivity index (χ1) is 8.34. The highest BCUT2D eigenvalue weighted by Crippen LogP contribution is 2.25. The lowest BCUT2D eigenvalue weighted by Crippen LogP contribution is -1.88. The van der Waals surface area contributed by atoms with Crippen molar-refractivity contribution in [3.8, 4) is 0 Å². The van der Waals surface area contributed by atoms with E-state index in [0.717, 1.165) is 0 Å². The van der Waals surface area contributed by atoms with E-state index in [1.54, 1.807) is 0 Å². The van der Waals surface area contributed by atoms with Crippen LogP contribution in [-0.4, -0.2) is 4.57 Å². The summed E-state index contributed by atoms with van der Waals surface area (Å²) in [5, 5.41) is 1.37. The summed E-state index contributed by atoms with van der Waals surface area (Å²) in [5.41, 5.74) is 1.32. The van der Waals surface area contributed by atoms with Gasteiger partial charge in [-0.05, 0) is 37.1 Å². The van der Waals surface area contributed by atoms with Gasteiger partial charge >= 0.3 is 0 Å². The lowest BCUT2D eigenvalue weighted by Gasteiger charge is -1.97. The average Bonchev–Trinajstić information content (AvgIpc) is 2.69. The van der Waals surface area contributed by atoms with Gasteiger partial charge in [-0.3, -0.25) is 0 Å². The molecule has 0 bridgehead atoms. The zero-order chi connectivity index (χ0) is 11.7. The van der Waals surface area contributed by atoms with Crippen LogP contribution in [0.25, 0.3) is 10.9 Å². The van der Waals surface area contributed by atoms with Gasteiger partial charge in [-0.15, -0.1) is 0 Å². The predicted molar refractivity (Wildman–Crippen MR) is 76.4 cm³/mol. The second kappa shape index (κ2) is 4.46. The molecule has 1 aliphatic rings. The molecule has 1 aliphatic carbocycles. The summed E-state index contributed by atoms with van der Waals surface area (Å²) in [6.45, 7) is 0. The van der Waals surface area contributed by atoms with Gasteiger partial charge < -0.3 is 4.57 Å². The molecule has 17 heavy (non-hydrogen) atoms. The predicted octanol–water partition coefficient (Wildman–Crippen LogP) is 3.59. The third kappa shape index (κ3) is 2.05. The number of benzene rings is 1. The Balaban J connectivity index is 2.00. The molecule has 2 heteroatoms. The fraction of sp³-hybridized carbons (Fsp3) is 0.200. The quantitative estimate of drug-likeness (QED) is 0.560. The Morgan fingerprint density at radius 2 is 2.06 bits per heavy atom. The van der Waals surface area contributed by atoms with Crippen molar-refractivity contribution >= 4 is 22.7 Å². The molecule has 0 amide bonds. The molecule has 0 spiro atoms. The highest BCUT2D eigenvalue weighted by molar-refractivity contribution is 7.83. The summed E-state index contributed by atoms with van der Waals surface area (Å²) in [4.78, 5) is 2.83. The Morgan fingerprint density at radius 1 is 1.18 bits per heavy atom. The van der Waals surface area contributed by atoms with Crippen molar-refractivity contribution in [2.75, 3.05) is 0 Å². The topological polar surface area (TPSA) is 4.93 Å². The van der Waals surface area contributed by atoms with Gasteiger partial charge in [-0.25, -0.2) is 0 Å². The first-order valence-electron chi connectivity index (χ1n) is 5.97. The van der Waals surface area contributed by atoms with Gasteiger partial charge in [-0.2, -0.15) is 0 Å². The van der Waals surface area contributed by atoms with Gasteiger partial charge in [0.15, 0.2) is 9.80 Å². The van der Waals surface area contributed by atoms with E-state index in [9.17, 15) is 0 Å². The second-order valence-corrected chi connectivity index (χ2v) is 5.58. The summed E-state index contributed by atoms with van der Waals surface area (Å²) in [6.07, 6.45) is 11.5. The summed E-state index contributed by atoms with van der Waals surface area (Å²) < 4.78 is 2.21. The molecule has 0 N–H and O–H groups in total.